The number of carbonyl (C=O) groups excluding carboxylic acids is 1. The van der Waals surface area contributed by atoms with E-state index in [1.165, 1.54) is 0 Å². The topological polar surface area (TPSA) is 63.6 Å². The van der Waals surface area contributed by atoms with E-state index in [-0.39, 0.29) is 18.6 Å². The second-order valence-electron chi connectivity index (χ2n) is 3.54. The fourth-order valence-corrected chi connectivity index (χ4v) is 1.23. The van der Waals surface area contributed by atoms with Crippen LogP contribution in [0.5, 0.6) is 0 Å². The summed E-state index contributed by atoms with van der Waals surface area (Å²) in [6, 6.07) is 9.59. The van der Waals surface area contributed by atoms with Crippen LogP contribution in [0.2, 0.25) is 0 Å². The molecule has 1 rings (SSSR count). The zero-order valence-corrected chi connectivity index (χ0v) is 9.39. The van der Waals surface area contributed by atoms with Crippen LogP contribution in [-0.2, 0) is 20.7 Å². The summed E-state index contributed by atoms with van der Waals surface area (Å²) < 4.78 is 4.90. The lowest BCUT2D eigenvalue weighted by Gasteiger charge is -2.04. The van der Waals surface area contributed by atoms with Gasteiger partial charge in [-0.15, -0.1) is 0 Å². The van der Waals surface area contributed by atoms with Crippen LogP contribution in [0.15, 0.2) is 42.5 Å². The van der Waals surface area contributed by atoms with Gasteiger partial charge in [-0.2, -0.15) is 0 Å². The SMILES string of the molecule is C=C(CC(=O)OCCc1ccccc1)C(=O)O. The average Bonchev–Trinajstić information content (AvgIpc) is 2.30. The summed E-state index contributed by atoms with van der Waals surface area (Å²) >= 11 is 0. The van der Waals surface area contributed by atoms with E-state index >= 15 is 0 Å². The van der Waals surface area contributed by atoms with E-state index in [9.17, 15) is 9.59 Å². The number of ether oxygens (including phenoxy) is 1. The Bertz CT molecular complexity index is 409. The minimum atomic E-state index is -1.18. The monoisotopic (exact) mass is 234 g/mol. The van der Waals surface area contributed by atoms with Crippen molar-refractivity contribution in [2.75, 3.05) is 6.61 Å². The predicted molar refractivity (Wildman–Crippen MR) is 62.5 cm³/mol. The molecule has 0 saturated carbocycles. The highest BCUT2D eigenvalue weighted by molar-refractivity contribution is 5.91. The molecule has 0 amide bonds. The third-order valence-electron chi connectivity index (χ3n) is 2.16. The number of hydrogen-bond acceptors (Lipinski definition) is 3. The van der Waals surface area contributed by atoms with Crippen LogP contribution in [0.3, 0.4) is 0 Å². The number of carbonyl (C=O) groups is 2. The van der Waals surface area contributed by atoms with Crippen molar-refractivity contribution in [1.82, 2.24) is 0 Å². The molecular weight excluding hydrogens is 220 g/mol. The van der Waals surface area contributed by atoms with Gasteiger partial charge in [0.15, 0.2) is 0 Å². The van der Waals surface area contributed by atoms with Crippen molar-refractivity contribution in [3.05, 3.63) is 48.0 Å². The number of esters is 1. The van der Waals surface area contributed by atoms with Crippen molar-refractivity contribution in [2.45, 2.75) is 12.8 Å². The molecule has 0 aliphatic carbocycles. The van der Waals surface area contributed by atoms with E-state index in [0.29, 0.717) is 6.42 Å². The van der Waals surface area contributed by atoms with Crippen molar-refractivity contribution < 1.29 is 19.4 Å². The maximum atomic E-state index is 11.2. The Morgan fingerprint density at radius 2 is 1.88 bits per heavy atom. The molecule has 0 spiro atoms. The lowest BCUT2D eigenvalue weighted by molar-refractivity contribution is -0.144. The van der Waals surface area contributed by atoms with E-state index in [1.807, 2.05) is 30.3 Å². The Labute approximate surface area is 99.5 Å². The standard InChI is InChI=1S/C13H14O4/c1-10(13(15)16)9-12(14)17-8-7-11-5-3-2-4-6-11/h2-6H,1,7-9H2,(H,15,16). The normalized spacial score (nSPS) is 9.65. The van der Waals surface area contributed by atoms with E-state index in [0.717, 1.165) is 5.56 Å². The number of carboxylic acid groups (broad SMARTS) is 1. The molecule has 0 aromatic heterocycles. The molecule has 4 heteroatoms. The minimum Gasteiger partial charge on any atom is -0.478 e. The lowest BCUT2D eigenvalue weighted by atomic mass is 10.2. The predicted octanol–water partition coefficient (Wildman–Crippen LogP) is 1.80. The summed E-state index contributed by atoms with van der Waals surface area (Å²) in [4.78, 5) is 21.6. The molecule has 4 nitrogen and oxygen atoms in total. The Balaban J connectivity index is 2.25. The van der Waals surface area contributed by atoms with Gasteiger partial charge in [0.25, 0.3) is 0 Å². The van der Waals surface area contributed by atoms with Crippen LogP contribution in [-0.4, -0.2) is 23.7 Å². The molecule has 0 radical (unpaired) electrons. The Kier molecular flexibility index (Phi) is 4.94. The molecule has 0 heterocycles. The number of carboxylic acids is 1. The van der Waals surface area contributed by atoms with Gasteiger partial charge in [-0.05, 0) is 5.56 Å². The van der Waals surface area contributed by atoms with Crippen molar-refractivity contribution >= 4 is 11.9 Å². The smallest absolute Gasteiger partial charge is 0.331 e. The van der Waals surface area contributed by atoms with Gasteiger partial charge in [0, 0.05) is 12.0 Å². The average molecular weight is 234 g/mol. The first-order chi connectivity index (χ1) is 8.09. The molecule has 0 bridgehead atoms. The van der Waals surface area contributed by atoms with Gasteiger partial charge in [0.05, 0.1) is 13.0 Å². The minimum absolute atomic E-state index is 0.158. The van der Waals surface area contributed by atoms with E-state index < -0.39 is 11.9 Å². The highest BCUT2D eigenvalue weighted by Gasteiger charge is 2.10. The van der Waals surface area contributed by atoms with Crippen molar-refractivity contribution in [3.8, 4) is 0 Å². The van der Waals surface area contributed by atoms with Crippen molar-refractivity contribution in [1.29, 1.82) is 0 Å². The molecule has 0 saturated heterocycles. The molecule has 0 fully saturated rings. The van der Waals surface area contributed by atoms with Gasteiger partial charge >= 0.3 is 11.9 Å². The fourth-order valence-electron chi connectivity index (χ4n) is 1.23. The maximum absolute atomic E-state index is 11.2. The van der Waals surface area contributed by atoms with Gasteiger partial charge in [-0.3, -0.25) is 4.79 Å². The highest BCUT2D eigenvalue weighted by atomic mass is 16.5. The molecular formula is C13H14O4. The van der Waals surface area contributed by atoms with Crippen LogP contribution in [0.4, 0.5) is 0 Å². The van der Waals surface area contributed by atoms with E-state index in [1.54, 1.807) is 0 Å². The summed E-state index contributed by atoms with van der Waals surface area (Å²) in [6.07, 6.45) is 0.344. The second-order valence-corrected chi connectivity index (χ2v) is 3.54. The van der Waals surface area contributed by atoms with Crippen molar-refractivity contribution in [2.24, 2.45) is 0 Å². The van der Waals surface area contributed by atoms with Gasteiger partial charge in [-0.25, -0.2) is 4.79 Å². The van der Waals surface area contributed by atoms with Gasteiger partial charge in [0.2, 0.25) is 0 Å². The summed E-state index contributed by atoms with van der Waals surface area (Å²) in [5.74, 6) is -1.74. The second kappa shape index (κ2) is 6.48. The molecule has 1 aromatic carbocycles. The molecule has 1 N–H and O–H groups in total. The molecule has 17 heavy (non-hydrogen) atoms. The number of benzene rings is 1. The molecule has 1 aromatic rings. The highest BCUT2D eigenvalue weighted by Crippen LogP contribution is 2.03. The molecule has 0 aliphatic heterocycles. The number of hydrogen-bond donors (Lipinski definition) is 1. The molecule has 0 aliphatic rings. The summed E-state index contributed by atoms with van der Waals surface area (Å²) in [5.41, 5.74) is 0.909. The quantitative estimate of drug-likeness (QED) is 0.602. The fraction of sp³-hybridized carbons (Fsp3) is 0.231. The lowest BCUT2D eigenvalue weighted by Crippen LogP contribution is -2.11. The molecule has 0 unspecified atom stereocenters. The summed E-state index contributed by atoms with van der Waals surface area (Å²) in [6.45, 7) is 3.51. The molecule has 90 valence electrons. The zero-order valence-electron chi connectivity index (χ0n) is 9.39. The third-order valence-corrected chi connectivity index (χ3v) is 2.16. The summed E-state index contributed by atoms with van der Waals surface area (Å²) in [5, 5.41) is 8.53. The summed E-state index contributed by atoms with van der Waals surface area (Å²) in [7, 11) is 0. The van der Waals surface area contributed by atoms with Crippen LogP contribution in [0, 0.1) is 0 Å². The zero-order chi connectivity index (χ0) is 12.7. The first-order valence-electron chi connectivity index (χ1n) is 5.20. The van der Waals surface area contributed by atoms with Crippen LogP contribution in [0.25, 0.3) is 0 Å². The number of aliphatic carboxylic acids is 1. The van der Waals surface area contributed by atoms with Gasteiger partial charge < -0.3 is 9.84 Å². The van der Waals surface area contributed by atoms with E-state index in [2.05, 4.69) is 6.58 Å². The Morgan fingerprint density at radius 3 is 2.47 bits per heavy atom. The Hall–Kier alpha value is -2.10. The third kappa shape index (κ3) is 4.97. The van der Waals surface area contributed by atoms with Crippen LogP contribution < -0.4 is 0 Å². The Morgan fingerprint density at radius 1 is 1.24 bits per heavy atom. The largest absolute Gasteiger partial charge is 0.478 e. The van der Waals surface area contributed by atoms with Gasteiger partial charge in [-0.1, -0.05) is 36.9 Å². The van der Waals surface area contributed by atoms with Crippen LogP contribution >= 0.6 is 0 Å². The number of rotatable bonds is 6. The molecule has 0 atom stereocenters. The van der Waals surface area contributed by atoms with E-state index in [4.69, 9.17) is 9.84 Å². The first-order valence-corrected chi connectivity index (χ1v) is 5.20. The maximum Gasteiger partial charge on any atom is 0.331 e. The van der Waals surface area contributed by atoms with Crippen molar-refractivity contribution in [3.63, 3.8) is 0 Å². The van der Waals surface area contributed by atoms with Gasteiger partial charge in [0.1, 0.15) is 0 Å². The van der Waals surface area contributed by atoms with Crippen LogP contribution in [0.1, 0.15) is 12.0 Å². The first kappa shape index (κ1) is 13.0.